The molecule has 1 aliphatic carbocycles. The third-order valence-corrected chi connectivity index (χ3v) is 4.13. The van der Waals surface area contributed by atoms with Crippen LogP contribution < -0.4 is 11.1 Å². The van der Waals surface area contributed by atoms with Crippen LogP contribution >= 0.6 is 0 Å². The Hall–Kier alpha value is -0.610. The minimum absolute atomic E-state index is 0.0482. The number of carbonyl (C=O) groups excluding carboxylic acids is 1. The normalized spacial score (nSPS) is 20.3. The van der Waals surface area contributed by atoms with Crippen LogP contribution in [0.4, 0.5) is 0 Å². The Balaban J connectivity index is 2.47. The van der Waals surface area contributed by atoms with E-state index in [1.165, 1.54) is 6.42 Å². The molecule has 0 saturated heterocycles. The van der Waals surface area contributed by atoms with Crippen LogP contribution in [0.5, 0.6) is 0 Å². The van der Waals surface area contributed by atoms with Gasteiger partial charge in [0.25, 0.3) is 0 Å². The van der Waals surface area contributed by atoms with Gasteiger partial charge in [0, 0.05) is 6.42 Å². The number of amides is 1. The van der Waals surface area contributed by atoms with E-state index in [9.17, 15) is 9.90 Å². The van der Waals surface area contributed by atoms with Gasteiger partial charge in [0.05, 0.1) is 12.1 Å². The second kappa shape index (κ2) is 7.85. The van der Waals surface area contributed by atoms with Gasteiger partial charge < -0.3 is 16.2 Å². The molecule has 0 aromatic heterocycles. The molecule has 1 amide bonds. The van der Waals surface area contributed by atoms with Gasteiger partial charge in [-0.2, -0.15) is 0 Å². The number of rotatable bonds is 7. The van der Waals surface area contributed by atoms with E-state index in [2.05, 4.69) is 19.2 Å². The monoisotopic (exact) mass is 270 g/mol. The SMILES string of the molecule is CC(C)CC(CN)CC(=O)NC1(CO)CCCCC1. The van der Waals surface area contributed by atoms with Crippen molar-refractivity contribution in [3.63, 3.8) is 0 Å². The lowest BCUT2D eigenvalue weighted by atomic mass is 9.82. The highest BCUT2D eigenvalue weighted by Crippen LogP contribution is 2.28. The largest absolute Gasteiger partial charge is 0.394 e. The van der Waals surface area contributed by atoms with Crippen molar-refractivity contribution in [1.82, 2.24) is 5.32 Å². The molecule has 4 N–H and O–H groups in total. The van der Waals surface area contributed by atoms with Gasteiger partial charge >= 0.3 is 0 Å². The van der Waals surface area contributed by atoms with Crippen LogP contribution in [0.1, 0.15) is 58.8 Å². The maximum absolute atomic E-state index is 12.1. The van der Waals surface area contributed by atoms with E-state index in [1.807, 2.05) is 0 Å². The predicted molar refractivity (Wildman–Crippen MR) is 77.7 cm³/mol. The van der Waals surface area contributed by atoms with Gasteiger partial charge in [-0.15, -0.1) is 0 Å². The van der Waals surface area contributed by atoms with Crippen LogP contribution in [0.15, 0.2) is 0 Å². The number of carbonyl (C=O) groups is 1. The van der Waals surface area contributed by atoms with Gasteiger partial charge in [0.1, 0.15) is 0 Å². The van der Waals surface area contributed by atoms with E-state index in [0.717, 1.165) is 32.1 Å². The number of aliphatic hydroxyl groups is 1. The van der Waals surface area contributed by atoms with E-state index in [0.29, 0.717) is 18.9 Å². The van der Waals surface area contributed by atoms with Gasteiger partial charge in [-0.25, -0.2) is 0 Å². The summed E-state index contributed by atoms with van der Waals surface area (Å²) in [6.07, 6.45) is 6.64. The summed E-state index contributed by atoms with van der Waals surface area (Å²) in [5.41, 5.74) is 5.37. The molecule has 0 aromatic rings. The second-order valence-electron chi connectivity index (χ2n) is 6.48. The summed E-state index contributed by atoms with van der Waals surface area (Å²) in [6.45, 7) is 4.90. The smallest absolute Gasteiger partial charge is 0.220 e. The first-order valence-electron chi connectivity index (χ1n) is 7.63. The van der Waals surface area contributed by atoms with Crippen molar-refractivity contribution in [3.05, 3.63) is 0 Å². The van der Waals surface area contributed by atoms with Gasteiger partial charge in [-0.05, 0) is 37.6 Å². The molecule has 1 fully saturated rings. The summed E-state index contributed by atoms with van der Waals surface area (Å²) in [7, 11) is 0. The number of hydrogen-bond donors (Lipinski definition) is 3. The Morgan fingerprint density at radius 2 is 1.95 bits per heavy atom. The first kappa shape index (κ1) is 16.4. The molecule has 0 radical (unpaired) electrons. The summed E-state index contributed by atoms with van der Waals surface area (Å²) in [5.74, 6) is 0.856. The summed E-state index contributed by atoms with van der Waals surface area (Å²) in [6, 6.07) is 0. The Kier molecular flexibility index (Phi) is 6.80. The Labute approximate surface area is 117 Å². The first-order valence-corrected chi connectivity index (χ1v) is 7.63. The second-order valence-corrected chi connectivity index (χ2v) is 6.48. The lowest BCUT2D eigenvalue weighted by Crippen LogP contribution is -2.53. The third kappa shape index (κ3) is 5.49. The number of nitrogens with one attached hydrogen (secondary N) is 1. The van der Waals surface area contributed by atoms with Crippen LogP contribution in [0.25, 0.3) is 0 Å². The molecule has 0 spiro atoms. The molecule has 1 unspecified atom stereocenters. The molecule has 0 bridgehead atoms. The van der Waals surface area contributed by atoms with Crippen molar-refractivity contribution in [2.24, 2.45) is 17.6 Å². The molecule has 0 aliphatic heterocycles. The fraction of sp³-hybridized carbons (Fsp3) is 0.933. The molecule has 1 aliphatic rings. The van der Waals surface area contributed by atoms with E-state index < -0.39 is 0 Å². The van der Waals surface area contributed by atoms with E-state index in [1.54, 1.807) is 0 Å². The van der Waals surface area contributed by atoms with Gasteiger partial charge in [0.15, 0.2) is 0 Å². The highest BCUT2D eigenvalue weighted by atomic mass is 16.3. The van der Waals surface area contributed by atoms with Crippen LogP contribution in [0, 0.1) is 11.8 Å². The summed E-state index contributed by atoms with van der Waals surface area (Å²) >= 11 is 0. The van der Waals surface area contributed by atoms with Crippen molar-refractivity contribution in [3.8, 4) is 0 Å². The van der Waals surface area contributed by atoms with E-state index in [4.69, 9.17) is 5.73 Å². The third-order valence-electron chi connectivity index (χ3n) is 4.13. The first-order chi connectivity index (χ1) is 9.01. The minimum atomic E-state index is -0.369. The summed E-state index contributed by atoms with van der Waals surface area (Å²) in [5, 5.41) is 12.7. The summed E-state index contributed by atoms with van der Waals surface area (Å²) in [4.78, 5) is 12.1. The molecule has 0 heterocycles. The number of nitrogens with two attached hydrogens (primary N) is 1. The van der Waals surface area contributed by atoms with Crippen molar-refractivity contribution in [2.75, 3.05) is 13.2 Å². The Bertz CT molecular complexity index is 273. The highest BCUT2D eigenvalue weighted by Gasteiger charge is 2.33. The standard InChI is InChI=1S/C15H30N2O2/c1-12(2)8-13(10-16)9-14(19)17-15(11-18)6-4-3-5-7-15/h12-13,18H,3-11,16H2,1-2H3,(H,17,19). The van der Waals surface area contributed by atoms with Crippen molar-refractivity contribution in [2.45, 2.75) is 64.3 Å². The maximum Gasteiger partial charge on any atom is 0.220 e. The Morgan fingerprint density at radius 1 is 1.32 bits per heavy atom. The highest BCUT2D eigenvalue weighted by molar-refractivity contribution is 5.77. The molecule has 1 atom stereocenters. The number of hydrogen-bond acceptors (Lipinski definition) is 3. The molecular weight excluding hydrogens is 240 g/mol. The fourth-order valence-electron chi connectivity index (χ4n) is 3.09. The van der Waals surface area contributed by atoms with Crippen LogP contribution in [-0.4, -0.2) is 29.7 Å². The topological polar surface area (TPSA) is 75.4 Å². The average molecular weight is 270 g/mol. The van der Waals surface area contributed by atoms with Crippen LogP contribution in [0.3, 0.4) is 0 Å². The molecule has 0 aromatic carbocycles. The van der Waals surface area contributed by atoms with Crippen molar-refractivity contribution >= 4 is 5.91 Å². The minimum Gasteiger partial charge on any atom is -0.394 e. The average Bonchev–Trinajstić information content (AvgIpc) is 2.38. The molecule has 4 heteroatoms. The van der Waals surface area contributed by atoms with Gasteiger partial charge in [-0.1, -0.05) is 33.1 Å². The molecule has 19 heavy (non-hydrogen) atoms. The van der Waals surface area contributed by atoms with Crippen LogP contribution in [-0.2, 0) is 4.79 Å². The van der Waals surface area contributed by atoms with E-state index in [-0.39, 0.29) is 24.0 Å². The van der Waals surface area contributed by atoms with E-state index >= 15 is 0 Å². The molecular formula is C15H30N2O2. The lowest BCUT2D eigenvalue weighted by Gasteiger charge is -2.37. The Morgan fingerprint density at radius 3 is 2.42 bits per heavy atom. The quantitative estimate of drug-likeness (QED) is 0.660. The van der Waals surface area contributed by atoms with Crippen molar-refractivity contribution in [1.29, 1.82) is 0 Å². The van der Waals surface area contributed by atoms with Crippen LogP contribution in [0.2, 0.25) is 0 Å². The summed E-state index contributed by atoms with van der Waals surface area (Å²) < 4.78 is 0. The number of aliphatic hydroxyl groups excluding tert-OH is 1. The maximum atomic E-state index is 12.1. The lowest BCUT2D eigenvalue weighted by molar-refractivity contribution is -0.125. The zero-order chi connectivity index (χ0) is 14.3. The molecule has 4 nitrogen and oxygen atoms in total. The fourth-order valence-corrected chi connectivity index (χ4v) is 3.09. The van der Waals surface area contributed by atoms with Crippen molar-refractivity contribution < 1.29 is 9.90 Å². The molecule has 1 rings (SSSR count). The zero-order valence-electron chi connectivity index (χ0n) is 12.5. The zero-order valence-corrected chi connectivity index (χ0v) is 12.5. The van der Waals surface area contributed by atoms with Gasteiger partial charge in [-0.3, -0.25) is 4.79 Å². The molecule has 1 saturated carbocycles. The van der Waals surface area contributed by atoms with Gasteiger partial charge in [0.2, 0.25) is 5.91 Å². The molecule has 112 valence electrons. The predicted octanol–water partition coefficient (Wildman–Crippen LogP) is 1.81.